The summed E-state index contributed by atoms with van der Waals surface area (Å²) in [5.41, 5.74) is -1.44. The van der Waals surface area contributed by atoms with E-state index in [9.17, 15) is 27.2 Å². The predicted octanol–water partition coefficient (Wildman–Crippen LogP) is 1.99. The van der Waals surface area contributed by atoms with E-state index in [0.29, 0.717) is 31.3 Å². The molecule has 132 valence electrons. The lowest BCUT2D eigenvalue weighted by molar-refractivity contribution is -0.137. The Morgan fingerprint density at radius 3 is 2.42 bits per heavy atom. The number of likely N-dealkylation sites (tertiary alicyclic amines) is 1. The van der Waals surface area contributed by atoms with Gasteiger partial charge >= 0.3 is 6.18 Å². The van der Waals surface area contributed by atoms with E-state index in [1.165, 1.54) is 0 Å². The van der Waals surface area contributed by atoms with Gasteiger partial charge in [-0.25, -0.2) is 4.39 Å². The number of hydrogen-bond donors (Lipinski definition) is 2. The molecule has 5 nitrogen and oxygen atoms in total. The Bertz CT molecular complexity index is 613. The number of benzene rings is 1. The van der Waals surface area contributed by atoms with Crippen molar-refractivity contribution < 1.29 is 27.2 Å². The Kier molecular flexibility index (Phi) is 5.63. The fourth-order valence-corrected chi connectivity index (χ4v) is 2.33. The molecule has 1 aromatic rings. The molecule has 1 heterocycles. The second-order valence-electron chi connectivity index (χ2n) is 5.41. The lowest BCUT2D eigenvalue weighted by atomic mass is 10.2. The van der Waals surface area contributed by atoms with E-state index in [4.69, 9.17) is 0 Å². The highest BCUT2D eigenvalue weighted by molar-refractivity contribution is 5.86. The molecule has 0 unspecified atom stereocenters. The molecule has 1 aliphatic rings. The second kappa shape index (κ2) is 7.50. The molecule has 1 aromatic carbocycles. The molecule has 0 aromatic heterocycles. The molecule has 1 saturated heterocycles. The predicted molar refractivity (Wildman–Crippen MR) is 78.7 cm³/mol. The first-order valence-electron chi connectivity index (χ1n) is 7.42. The van der Waals surface area contributed by atoms with Gasteiger partial charge in [0.25, 0.3) is 0 Å². The van der Waals surface area contributed by atoms with Crippen molar-refractivity contribution in [3.63, 3.8) is 0 Å². The van der Waals surface area contributed by atoms with Gasteiger partial charge in [0.2, 0.25) is 11.8 Å². The van der Waals surface area contributed by atoms with Gasteiger partial charge in [-0.3, -0.25) is 9.59 Å². The number of nitrogens with one attached hydrogen (secondary N) is 2. The quantitative estimate of drug-likeness (QED) is 0.801. The average Bonchev–Trinajstić information content (AvgIpc) is 3.05. The van der Waals surface area contributed by atoms with E-state index >= 15 is 0 Å². The van der Waals surface area contributed by atoms with Crippen molar-refractivity contribution in [3.8, 4) is 0 Å². The molecule has 0 spiro atoms. The topological polar surface area (TPSA) is 61.4 Å². The molecule has 0 atom stereocenters. The zero-order chi connectivity index (χ0) is 17.7. The number of alkyl halides is 3. The van der Waals surface area contributed by atoms with Crippen molar-refractivity contribution in [2.45, 2.75) is 19.0 Å². The van der Waals surface area contributed by atoms with Crippen LogP contribution in [0, 0.1) is 5.82 Å². The van der Waals surface area contributed by atoms with Crippen molar-refractivity contribution in [1.29, 1.82) is 0 Å². The van der Waals surface area contributed by atoms with Crippen LogP contribution in [0.5, 0.6) is 0 Å². The van der Waals surface area contributed by atoms with Gasteiger partial charge in [0.15, 0.2) is 0 Å². The molecule has 2 rings (SSSR count). The summed E-state index contributed by atoms with van der Waals surface area (Å²) in [6.07, 6.45) is -2.75. The van der Waals surface area contributed by atoms with Crippen molar-refractivity contribution in [3.05, 3.63) is 29.6 Å². The average molecular weight is 347 g/mol. The van der Waals surface area contributed by atoms with Crippen LogP contribution in [0.25, 0.3) is 0 Å². The van der Waals surface area contributed by atoms with E-state index in [1.807, 2.05) is 0 Å². The second-order valence-corrected chi connectivity index (χ2v) is 5.41. The number of halogens is 4. The molecule has 2 amide bonds. The van der Waals surface area contributed by atoms with E-state index < -0.39 is 35.7 Å². The maximum Gasteiger partial charge on any atom is 0.416 e. The number of anilines is 1. The van der Waals surface area contributed by atoms with Crippen molar-refractivity contribution in [2.75, 3.05) is 31.5 Å². The summed E-state index contributed by atoms with van der Waals surface area (Å²) in [7, 11) is 0. The minimum absolute atomic E-state index is 0.189. The van der Waals surface area contributed by atoms with Crippen LogP contribution in [-0.2, 0) is 15.8 Å². The Labute approximate surface area is 136 Å². The summed E-state index contributed by atoms with van der Waals surface area (Å²) in [5, 5.41) is 4.66. The summed E-state index contributed by atoms with van der Waals surface area (Å²) in [6.45, 7) is 0.682. The van der Waals surface area contributed by atoms with Crippen LogP contribution in [0.1, 0.15) is 18.4 Å². The lowest BCUT2D eigenvalue weighted by Crippen LogP contribution is -2.40. The zero-order valence-corrected chi connectivity index (χ0v) is 12.8. The summed E-state index contributed by atoms with van der Waals surface area (Å²) < 4.78 is 51.3. The van der Waals surface area contributed by atoms with Gasteiger partial charge in [0.1, 0.15) is 5.82 Å². The van der Waals surface area contributed by atoms with Crippen molar-refractivity contribution >= 4 is 17.5 Å². The Morgan fingerprint density at radius 2 is 1.79 bits per heavy atom. The van der Waals surface area contributed by atoms with E-state index in [0.717, 1.165) is 12.8 Å². The molecule has 0 aliphatic carbocycles. The van der Waals surface area contributed by atoms with Crippen molar-refractivity contribution in [2.24, 2.45) is 0 Å². The third-order valence-corrected chi connectivity index (χ3v) is 3.63. The number of hydrogen-bond acceptors (Lipinski definition) is 3. The van der Waals surface area contributed by atoms with Crippen LogP contribution in [0.15, 0.2) is 18.2 Å². The van der Waals surface area contributed by atoms with Crippen molar-refractivity contribution in [1.82, 2.24) is 10.2 Å². The highest BCUT2D eigenvalue weighted by Gasteiger charge is 2.31. The van der Waals surface area contributed by atoms with Gasteiger partial charge in [-0.05, 0) is 31.0 Å². The van der Waals surface area contributed by atoms with Gasteiger partial charge in [-0.2, -0.15) is 13.2 Å². The lowest BCUT2D eigenvalue weighted by Gasteiger charge is -2.16. The number of carbonyl (C=O) groups is 2. The van der Waals surface area contributed by atoms with E-state index in [1.54, 1.807) is 4.90 Å². The van der Waals surface area contributed by atoms with Gasteiger partial charge in [0.05, 0.1) is 24.3 Å². The van der Waals surface area contributed by atoms with Crippen LogP contribution >= 0.6 is 0 Å². The molecular weight excluding hydrogens is 330 g/mol. The van der Waals surface area contributed by atoms with Gasteiger partial charge in [0, 0.05) is 13.1 Å². The molecular formula is C15H17F4N3O2. The Morgan fingerprint density at radius 1 is 1.12 bits per heavy atom. The summed E-state index contributed by atoms with van der Waals surface area (Å²) >= 11 is 0. The van der Waals surface area contributed by atoms with Crippen LogP contribution in [-0.4, -0.2) is 42.9 Å². The highest BCUT2D eigenvalue weighted by atomic mass is 19.4. The van der Waals surface area contributed by atoms with E-state index in [2.05, 4.69) is 10.6 Å². The fraction of sp³-hybridized carbons (Fsp3) is 0.467. The molecule has 1 aliphatic heterocycles. The number of nitrogens with zero attached hydrogens (tertiary/aromatic N) is 1. The first kappa shape index (κ1) is 18.0. The third kappa shape index (κ3) is 4.84. The molecule has 2 N–H and O–H groups in total. The Hall–Kier alpha value is -2.32. The normalized spacial score (nSPS) is 14.6. The molecule has 9 heteroatoms. The summed E-state index contributed by atoms with van der Waals surface area (Å²) in [5.74, 6) is -1.73. The molecule has 0 bridgehead atoms. The summed E-state index contributed by atoms with van der Waals surface area (Å²) in [6, 6.07) is 1.90. The standard InChI is InChI=1S/C15H17F4N3O2/c16-11-4-3-10(15(17,18)19)7-12(11)20-8-13(23)21-9-14(24)22-5-1-2-6-22/h3-4,7,20H,1-2,5-6,8-9H2,(H,21,23). The maximum atomic E-state index is 13.5. The number of carbonyl (C=O) groups excluding carboxylic acids is 2. The van der Waals surface area contributed by atoms with Crippen LogP contribution < -0.4 is 10.6 Å². The van der Waals surface area contributed by atoms with Gasteiger partial charge < -0.3 is 15.5 Å². The van der Waals surface area contributed by atoms with E-state index in [-0.39, 0.29) is 12.5 Å². The largest absolute Gasteiger partial charge is 0.416 e. The molecule has 1 fully saturated rings. The van der Waals surface area contributed by atoms with Gasteiger partial charge in [-0.15, -0.1) is 0 Å². The zero-order valence-electron chi connectivity index (χ0n) is 12.8. The SMILES string of the molecule is O=C(CNc1cc(C(F)(F)F)ccc1F)NCC(=O)N1CCCC1. The minimum atomic E-state index is -4.60. The number of rotatable bonds is 5. The first-order chi connectivity index (χ1) is 11.3. The third-order valence-electron chi connectivity index (χ3n) is 3.63. The molecule has 24 heavy (non-hydrogen) atoms. The monoisotopic (exact) mass is 347 g/mol. The molecule has 0 radical (unpaired) electrons. The Balaban J connectivity index is 1.84. The van der Waals surface area contributed by atoms with Crippen LogP contribution in [0.3, 0.4) is 0 Å². The maximum absolute atomic E-state index is 13.5. The highest BCUT2D eigenvalue weighted by Crippen LogP contribution is 2.31. The smallest absolute Gasteiger partial charge is 0.374 e. The first-order valence-corrected chi connectivity index (χ1v) is 7.42. The van der Waals surface area contributed by atoms with Crippen LogP contribution in [0.4, 0.5) is 23.2 Å². The molecule has 0 saturated carbocycles. The summed E-state index contributed by atoms with van der Waals surface area (Å²) in [4.78, 5) is 25.0. The minimum Gasteiger partial charge on any atom is -0.374 e. The van der Waals surface area contributed by atoms with Crippen LogP contribution in [0.2, 0.25) is 0 Å². The fourth-order valence-electron chi connectivity index (χ4n) is 2.33. The number of amides is 2. The van der Waals surface area contributed by atoms with Gasteiger partial charge in [-0.1, -0.05) is 0 Å².